The van der Waals surface area contributed by atoms with Gasteiger partial charge in [-0.05, 0) is 42.9 Å². The summed E-state index contributed by atoms with van der Waals surface area (Å²) in [6.07, 6.45) is 4.55. The number of carbonyl (C=O) groups excluding carboxylic acids is 1. The van der Waals surface area contributed by atoms with Crippen LogP contribution in [-0.4, -0.2) is 47.9 Å². The zero-order valence-corrected chi connectivity index (χ0v) is 17.9. The number of amides is 1. The number of hydrogen-bond acceptors (Lipinski definition) is 5. The van der Waals surface area contributed by atoms with Crippen molar-refractivity contribution in [1.82, 2.24) is 14.7 Å². The number of carbonyl (C=O) groups is 1. The predicted molar refractivity (Wildman–Crippen MR) is 119 cm³/mol. The SMILES string of the molecule is COc1ccc2cnn(CC(=O)N3CCC(Cc4ccccc4)CC3)c(=O)c2c1OC. The number of aromatic nitrogens is 2. The Morgan fingerprint density at radius 1 is 1.06 bits per heavy atom. The molecule has 1 fully saturated rings. The Balaban J connectivity index is 1.45. The lowest BCUT2D eigenvalue weighted by molar-refractivity contribution is -0.133. The third-order valence-corrected chi connectivity index (χ3v) is 5.98. The number of fused-ring (bicyclic) bond motifs is 1. The van der Waals surface area contributed by atoms with E-state index in [-0.39, 0.29) is 18.0 Å². The van der Waals surface area contributed by atoms with Gasteiger partial charge in [-0.25, -0.2) is 4.68 Å². The number of methoxy groups -OCH3 is 2. The maximum absolute atomic E-state index is 13.0. The van der Waals surface area contributed by atoms with Gasteiger partial charge in [0.05, 0.1) is 25.8 Å². The molecule has 1 aromatic heterocycles. The topological polar surface area (TPSA) is 73.7 Å². The summed E-state index contributed by atoms with van der Waals surface area (Å²) >= 11 is 0. The molecule has 0 radical (unpaired) electrons. The summed E-state index contributed by atoms with van der Waals surface area (Å²) in [7, 11) is 3.01. The van der Waals surface area contributed by atoms with Gasteiger partial charge in [0.1, 0.15) is 6.54 Å². The molecule has 1 amide bonds. The van der Waals surface area contributed by atoms with E-state index in [1.807, 2.05) is 11.0 Å². The molecule has 0 N–H and O–H groups in total. The van der Waals surface area contributed by atoms with Crippen molar-refractivity contribution in [1.29, 1.82) is 0 Å². The monoisotopic (exact) mass is 421 g/mol. The van der Waals surface area contributed by atoms with Crippen molar-refractivity contribution in [2.45, 2.75) is 25.8 Å². The van der Waals surface area contributed by atoms with Crippen LogP contribution >= 0.6 is 0 Å². The van der Waals surface area contributed by atoms with Crippen molar-refractivity contribution in [3.8, 4) is 11.5 Å². The molecule has 1 aliphatic heterocycles. The third-order valence-electron chi connectivity index (χ3n) is 5.98. The molecule has 7 heteroatoms. The van der Waals surface area contributed by atoms with Crippen molar-refractivity contribution in [3.05, 3.63) is 64.6 Å². The lowest BCUT2D eigenvalue weighted by Gasteiger charge is -2.32. The molecule has 0 aliphatic carbocycles. The molecule has 0 bridgehead atoms. The molecular formula is C24H27N3O4. The Hall–Kier alpha value is -3.35. The number of nitrogens with zero attached hydrogens (tertiary/aromatic N) is 3. The summed E-state index contributed by atoms with van der Waals surface area (Å²) in [6, 6.07) is 13.9. The van der Waals surface area contributed by atoms with Crippen molar-refractivity contribution < 1.29 is 14.3 Å². The molecule has 0 unspecified atom stereocenters. The van der Waals surface area contributed by atoms with Gasteiger partial charge in [-0.1, -0.05) is 30.3 Å². The molecule has 0 saturated carbocycles. The fourth-order valence-electron chi connectivity index (χ4n) is 4.26. The molecule has 1 saturated heterocycles. The standard InChI is InChI=1S/C24H27N3O4/c1-30-20-9-8-19-15-25-27(24(29)22(19)23(20)31-2)16-21(28)26-12-10-18(11-13-26)14-17-6-4-3-5-7-17/h3-9,15,18H,10-14,16H2,1-2H3. The van der Waals surface area contributed by atoms with Gasteiger partial charge in [0, 0.05) is 18.5 Å². The van der Waals surface area contributed by atoms with Crippen LogP contribution in [0.2, 0.25) is 0 Å². The molecule has 2 heterocycles. The summed E-state index contributed by atoms with van der Waals surface area (Å²) in [5.41, 5.74) is 0.976. The molecule has 31 heavy (non-hydrogen) atoms. The van der Waals surface area contributed by atoms with Crippen LogP contribution in [0.15, 0.2) is 53.5 Å². The van der Waals surface area contributed by atoms with Crippen LogP contribution in [0.25, 0.3) is 10.8 Å². The summed E-state index contributed by atoms with van der Waals surface area (Å²) < 4.78 is 11.9. The Morgan fingerprint density at radius 3 is 2.48 bits per heavy atom. The minimum Gasteiger partial charge on any atom is -0.493 e. The number of hydrogen-bond donors (Lipinski definition) is 0. The molecule has 4 rings (SSSR count). The highest BCUT2D eigenvalue weighted by atomic mass is 16.5. The highest BCUT2D eigenvalue weighted by Gasteiger charge is 2.24. The van der Waals surface area contributed by atoms with Crippen LogP contribution in [0.3, 0.4) is 0 Å². The first kappa shape index (κ1) is 20.9. The first-order valence-corrected chi connectivity index (χ1v) is 10.5. The van der Waals surface area contributed by atoms with Crippen molar-refractivity contribution in [2.75, 3.05) is 27.3 Å². The van der Waals surface area contributed by atoms with E-state index in [0.717, 1.165) is 19.3 Å². The smallest absolute Gasteiger partial charge is 0.279 e. The molecule has 3 aromatic rings. The molecule has 0 atom stereocenters. The lowest BCUT2D eigenvalue weighted by atomic mass is 9.90. The second-order valence-corrected chi connectivity index (χ2v) is 7.89. The Morgan fingerprint density at radius 2 is 1.81 bits per heavy atom. The summed E-state index contributed by atoms with van der Waals surface area (Å²) in [4.78, 5) is 27.7. The average molecular weight is 421 g/mol. The minimum absolute atomic E-state index is 0.0848. The fraction of sp³-hybridized carbons (Fsp3) is 0.375. The fourth-order valence-corrected chi connectivity index (χ4v) is 4.26. The third kappa shape index (κ3) is 4.40. The Kier molecular flexibility index (Phi) is 6.21. The van der Waals surface area contributed by atoms with Crippen LogP contribution in [0.5, 0.6) is 11.5 Å². The van der Waals surface area contributed by atoms with Crippen molar-refractivity contribution in [3.63, 3.8) is 0 Å². The van der Waals surface area contributed by atoms with Gasteiger partial charge >= 0.3 is 0 Å². The molecule has 2 aromatic carbocycles. The van der Waals surface area contributed by atoms with E-state index < -0.39 is 0 Å². The van der Waals surface area contributed by atoms with Crippen LogP contribution in [-0.2, 0) is 17.8 Å². The van der Waals surface area contributed by atoms with Gasteiger partial charge in [-0.3, -0.25) is 9.59 Å². The summed E-state index contributed by atoms with van der Waals surface area (Å²) in [6.45, 7) is 1.32. The zero-order valence-electron chi connectivity index (χ0n) is 17.9. The molecule has 1 aliphatic rings. The first-order chi connectivity index (χ1) is 15.1. The van der Waals surface area contributed by atoms with Gasteiger partial charge in [0.2, 0.25) is 5.91 Å². The quantitative estimate of drug-likeness (QED) is 0.612. The zero-order chi connectivity index (χ0) is 21.8. The average Bonchev–Trinajstić information content (AvgIpc) is 2.81. The molecular weight excluding hydrogens is 394 g/mol. The number of benzene rings is 2. The second kappa shape index (κ2) is 9.20. The minimum atomic E-state index is -0.361. The van der Waals surface area contributed by atoms with E-state index in [4.69, 9.17) is 9.47 Å². The number of ether oxygens (including phenoxy) is 2. The van der Waals surface area contributed by atoms with Gasteiger partial charge in [-0.2, -0.15) is 5.10 Å². The van der Waals surface area contributed by atoms with E-state index >= 15 is 0 Å². The Bertz CT molecular complexity index is 1120. The van der Waals surface area contributed by atoms with E-state index in [1.165, 1.54) is 24.5 Å². The molecule has 7 nitrogen and oxygen atoms in total. The lowest BCUT2D eigenvalue weighted by Crippen LogP contribution is -2.42. The largest absolute Gasteiger partial charge is 0.493 e. The Labute approximate surface area is 181 Å². The predicted octanol–water partition coefficient (Wildman–Crippen LogP) is 2.90. The molecule has 0 spiro atoms. The van der Waals surface area contributed by atoms with Gasteiger partial charge in [0.15, 0.2) is 11.5 Å². The van der Waals surface area contributed by atoms with Crippen LogP contribution in [0, 0.1) is 5.92 Å². The summed E-state index contributed by atoms with van der Waals surface area (Å²) in [5.74, 6) is 1.31. The highest BCUT2D eigenvalue weighted by Crippen LogP contribution is 2.32. The van der Waals surface area contributed by atoms with Crippen molar-refractivity contribution >= 4 is 16.7 Å². The maximum Gasteiger partial charge on any atom is 0.279 e. The van der Waals surface area contributed by atoms with Gasteiger partial charge in [-0.15, -0.1) is 0 Å². The second-order valence-electron chi connectivity index (χ2n) is 7.89. The number of likely N-dealkylation sites (tertiary alicyclic amines) is 1. The highest BCUT2D eigenvalue weighted by molar-refractivity contribution is 5.89. The van der Waals surface area contributed by atoms with Crippen molar-refractivity contribution in [2.24, 2.45) is 5.92 Å². The normalized spacial score (nSPS) is 14.6. The number of rotatable bonds is 6. The van der Waals surface area contributed by atoms with Crippen LogP contribution in [0.1, 0.15) is 18.4 Å². The van der Waals surface area contributed by atoms with Crippen LogP contribution < -0.4 is 15.0 Å². The first-order valence-electron chi connectivity index (χ1n) is 10.5. The van der Waals surface area contributed by atoms with E-state index in [0.29, 0.717) is 41.3 Å². The van der Waals surface area contributed by atoms with Gasteiger partial charge < -0.3 is 14.4 Å². The van der Waals surface area contributed by atoms with Crippen LogP contribution in [0.4, 0.5) is 0 Å². The molecule has 162 valence electrons. The van der Waals surface area contributed by atoms with E-state index in [1.54, 1.807) is 18.3 Å². The maximum atomic E-state index is 13.0. The number of piperidine rings is 1. The van der Waals surface area contributed by atoms with Gasteiger partial charge in [0.25, 0.3) is 5.56 Å². The van der Waals surface area contributed by atoms with E-state index in [2.05, 4.69) is 29.4 Å². The van der Waals surface area contributed by atoms with E-state index in [9.17, 15) is 9.59 Å². The summed E-state index contributed by atoms with van der Waals surface area (Å²) in [5, 5.41) is 5.22.